The SMILES string of the molecule is CC(C)N(Cc1ccc(Cl)nc1Cl)CC1CC1. The summed E-state index contributed by atoms with van der Waals surface area (Å²) in [6.07, 6.45) is 2.74. The molecule has 1 saturated carbocycles. The van der Waals surface area contributed by atoms with Crippen molar-refractivity contribution in [2.75, 3.05) is 6.54 Å². The molecule has 0 radical (unpaired) electrons. The van der Waals surface area contributed by atoms with E-state index in [1.807, 2.05) is 6.07 Å². The molecule has 1 aromatic rings. The van der Waals surface area contributed by atoms with Gasteiger partial charge >= 0.3 is 0 Å². The van der Waals surface area contributed by atoms with Gasteiger partial charge in [-0.2, -0.15) is 0 Å². The third kappa shape index (κ3) is 3.84. The highest BCUT2D eigenvalue weighted by molar-refractivity contribution is 6.32. The van der Waals surface area contributed by atoms with E-state index >= 15 is 0 Å². The van der Waals surface area contributed by atoms with Crippen molar-refractivity contribution in [2.45, 2.75) is 39.3 Å². The van der Waals surface area contributed by atoms with Gasteiger partial charge in [0.1, 0.15) is 10.3 Å². The third-order valence-corrected chi connectivity index (χ3v) is 3.72. The molecule has 0 N–H and O–H groups in total. The van der Waals surface area contributed by atoms with Gasteiger partial charge in [-0.05, 0) is 38.7 Å². The predicted octanol–water partition coefficient (Wildman–Crippen LogP) is 4.01. The zero-order valence-electron chi connectivity index (χ0n) is 10.3. The van der Waals surface area contributed by atoms with Crippen LogP contribution in [-0.4, -0.2) is 22.5 Å². The van der Waals surface area contributed by atoms with Crippen LogP contribution in [0.25, 0.3) is 0 Å². The number of aromatic nitrogens is 1. The van der Waals surface area contributed by atoms with Crippen LogP contribution in [0.2, 0.25) is 10.3 Å². The number of hydrogen-bond acceptors (Lipinski definition) is 2. The Morgan fingerprint density at radius 1 is 1.35 bits per heavy atom. The molecule has 0 aliphatic heterocycles. The lowest BCUT2D eigenvalue weighted by molar-refractivity contribution is 0.203. The molecule has 0 unspecified atom stereocenters. The second-order valence-electron chi connectivity index (χ2n) is 5.05. The van der Waals surface area contributed by atoms with Gasteiger partial charge in [-0.1, -0.05) is 29.3 Å². The first kappa shape index (κ1) is 13.1. The number of pyridine rings is 1. The molecular formula is C13H18Cl2N2. The molecule has 94 valence electrons. The molecule has 2 rings (SSSR count). The van der Waals surface area contributed by atoms with Crippen molar-refractivity contribution in [3.8, 4) is 0 Å². The Bertz CT molecular complexity index is 389. The van der Waals surface area contributed by atoms with Crippen LogP contribution in [0.4, 0.5) is 0 Å². The van der Waals surface area contributed by atoms with E-state index in [2.05, 4.69) is 23.7 Å². The zero-order chi connectivity index (χ0) is 12.4. The van der Waals surface area contributed by atoms with E-state index in [0.29, 0.717) is 16.3 Å². The molecule has 1 aliphatic carbocycles. The molecule has 0 saturated heterocycles. The summed E-state index contributed by atoms with van der Waals surface area (Å²) in [5.74, 6) is 0.886. The lowest BCUT2D eigenvalue weighted by Crippen LogP contribution is -2.32. The standard InChI is InChI=1S/C13H18Cl2N2/c1-9(2)17(7-10-3-4-10)8-11-5-6-12(14)16-13(11)15/h5-6,9-10H,3-4,7-8H2,1-2H3. The van der Waals surface area contributed by atoms with Gasteiger partial charge in [0.15, 0.2) is 0 Å². The first-order chi connectivity index (χ1) is 8.06. The van der Waals surface area contributed by atoms with E-state index in [-0.39, 0.29) is 0 Å². The average molecular weight is 273 g/mol. The van der Waals surface area contributed by atoms with Crippen molar-refractivity contribution >= 4 is 23.2 Å². The Hall–Kier alpha value is -0.310. The largest absolute Gasteiger partial charge is 0.296 e. The van der Waals surface area contributed by atoms with Gasteiger partial charge in [-0.3, -0.25) is 4.90 Å². The maximum Gasteiger partial charge on any atom is 0.135 e. The van der Waals surface area contributed by atoms with E-state index < -0.39 is 0 Å². The molecule has 0 bridgehead atoms. The normalized spacial score (nSPS) is 15.9. The van der Waals surface area contributed by atoms with Crippen molar-refractivity contribution in [3.05, 3.63) is 28.0 Å². The molecule has 0 aromatic carbocycles. The third-order valence-electron chi connectivity index (χ3n) is 3.19. The molecule has 1 aliphatic rings. The van der Waals surface area contributed by atoms with Crippen LogP contribution in [0.5, 0.6) is 0 Å². The summed E-state index contributed by atoms with van der Waals surface area (Å²) >= 11 is 11.9. The molecule has 0 atom stereocenters. The minimum atomic E-state index is 0.456. The zero-order valence-corrected chi connectivity index (χ0v) is 11.8. The summed E-state index contributed by atoms with van der Waals surface area (Å²) in [6, 6.07) is 4.31. The Balaban J connectivity index is 2.05. The monoisotopic (exact) mass is 272 g/mol. The van der Waals surface area contributed by atoms with E-state index in [4.69, 9.17) is 23.2 Å². The summed E-state index contributed by atoms with van der Waals surface area (Å²) < 4.78 is 0. The van der Waals surface area contributed by atoms with E-state index in [1.54, 1.807) is 6.07 Å². The molecule has 1 fully saturated rings. The van der Waals surface area contributed by atoms with Gasteiger partial charge in [-0.15, -0.1) is 0 Å². The minimum Gasteiger partial charge on any atom is -0.296 e. The maximum absolute atomic E-state index is 6.11. The Morgan fingerprint density at radius 2 is 2.06 bits per heavy atom. The van der Waals surface area contributed by atoms with Crippen molar-refractivity contribution < 1.29 is 0 Å². The predicted molar refractivity (Wildman–Crippen MR) is 72.5 cm³/mol. The lowest BCUT2D eigenvalue weighted by Gasteiger charge is -2.26. The fourth-order valence-electron chi connectivity index (χ4n) is 1.87. The fraction of sp³-hybridized carbons (Fsp3) is 0.615. The van der Waals surface area contributed by atoms with Crippen LogP contribution in [-0.2, 0) is 6.54 Å². The van der Waals surface area contributed by atoms with E-state index in [9.17, 15) is 0 Å². The molecular weight excluding hydrogens is 255 g/mol. The fourth-order valence-corrected chi connectivity index (χ4v) is 2.27. The van der Waals surface area contributed by atoms with Gasteiger partial charge in [0.05, 0.1) is 0 Å². The smallest absolute Gasteiger partial charge is 0.135 e. The molecule has 4 heteroatoms. The van der Waals surface area contributed by atoms with Crippen LogP contribution >= 0.6 is 23.2 Å². The van der Waals surface area contributed by atoms with Gasteiger partial charge < -0.3 is 0 Å². The molecule has 0 amide bonds. The van der Waals surface area contributed by atoms with Gasteiger partial charge in [-0.25, -0.2) is 4.98 Å². The summed E-state index contributed by atoms with van der Waals surface area (Å²) in [6.45, 7) is 6.47. The number of hydrogen-bond donors (Lipinski definition) is 0. The lowest BCUT2D eigenvalue weighted by atomic mass is 10.2. The highest BCUT2D eigenvalue weighted by Gasteiger charge is 2.25. The van der Waals surface area contributed by atoms with Crippen LogP contribution < -0.4 is 0 Å². The summed E-state index contributed by atoms with van der Waals surface area (Å²) in [5.41, 5.74) is 1.06. The first-order valence-corrected chi connectivity index (χ1v) is 6.87. The first-order valence-electron chi connectivity index (χ1n) is 6.11. The van der Waals surface area contributed by atoms with Gasteiger partial charge in [0.2, 0.25) is 0 Å². The Morgan fingerprint density at radius 3 is 2.59 bits per heavy atom. The topological polar surface area (TPSA) is 16.1 Å². The van der Waals surface area contributed by atoms with Crippen LogP contribution in [0.3, 0.4) is 0 Å². The minimum absolute atomic E-state index is 0.456. The second kappa shape index (κ2) is 5.55. The van der Waals surface area contributed by atoms with Crippen molar-refractivity contribution in [3.63, 3.8) is 0 Å². The summed E-state index contributed by atoms with van der Waals surface area (Å²) in [4.78, 5) is 6.54. The molecule has 2 nitrogen and oxygen atoms in total. The molecule has 17 heavy (non-hydrogen) atoms. The van der Waals surface area contributed by atoms with E-state index in [0.717, 1.165) is 24.6 Å². The van der Waals surface area contributed by atoms with Gasteiger partial charge in [0, 0.05) is 24.7 Å². The van der Waals surface area contributed by atoms with Crippen molar-refractivity contribution in [1.29, 1.82) is 0 Å². The number of halogens is 2. The summed E-state index contributed by atoms with van der Waals surface area (Å²) in [7, 11) is 0. The van der Waals surface area contributed by atoms with Crippen LogP contribution in [0, 0.1) is 5.92 Å². The molecule has 1 aromatic heterocycles. The highest BCUT2D eigenvalue weighted by atomic mass is 35.5. The van der Waals surface area contributed by atoms with Crippen LogP contribution in [0.15, 0.2) is 12.1 Å². The molecule has 1 heterocycles. The second-order valence-corrected chi connectivity index (χ2v) is 5.80. The highest BCUT2D eigenvalue weighted by Crippen LogP contribution is 2.31. The molecule has 0 spiro atoms. The number of rotatable bonds is 5. The van der Waals surface area contributed by atoms with Crippen molar-refractivity contribution in [2.24, 2.45) is 5.92 Å². The van der Waals surface area contributed by atoms with Crippen LogP contribution in [0.1, 0.15) is 32.3 Å². The Kier molecular flexibility index (Phi) is 4.29. The van der Waals surface area contributed by atoms with Gasteiger partial charge in [0.25, 0.3) is 0 Å². The van der Waals surface area contributed by atoms with Crippen molar-refractivity contribution in [1.82, 2.24) is 9.88 Å². The number of nitrogens with zero attached hydrogens (tertiary/aromatic N) is 2. The Labute approximate surface area is 113 Å². The average Bonchev–Trinajstić information content (AvgIpc) is 3.04. The van der Waals surface area contributed by atoms with E-state index in [1.165, 1.54) is 12.8 Å². The summed E-state index contributed by atoms with van der Waals surface area (Å²) in [5, 5.41) is 0.982. The quantitative estimate of drug-likeness (QED) is 0.753. The maximum atomic E-state index is 6.11.